The summed E-state index contributed by atoms with van der Waals surface area (Å²) in [7, 11) is 1.55. The first-order valence-electron chi connectivity index (χ1n) is 10.4. The van der Waals surface area contributed by atoms with E-state index in [1.54, 1.807) is 56.5 Å². The van der Waals surface area contributed by atoms with Crippen LogP contribution in [0, 0.1) is 25.2 Å². The van der Waals surface area contributed by atoms with Crippen LogP contribution in [0.2, 0.25) is 0 Å². The number of aliphatic hydroxyl groups is 1. The monoisotopic (exact) mass is 438 g/mol. The van der Waals surface area contributed by atoms with Crippen molar-refractivity contribution in [2.24, 2.45) is 0 Å². The summed E-state index contributed by atoms with van der Waals surface area (Å²) in [5.74, 6) is -1.11. The third-order valence-corrected chi connectivity index (χ3v) is 5.89. The Hall–Kier alpha value is -4.37. The van der Waals surface area contributed by atoms with Crippen molar-refractivity contribution >= 4 is 23.1 Å². The number of aliphatic hydroxyl groups excluding tert-OH is 1. The van der Waals surface area contributed by atoms with E-state index >= 15 is 0 Å². The fourth-order valence-corrected chi connectivity index (χ4v) is 4.16. The van der Waals surface area contributed by atoms with Gasteiger partial charge in [0, 0.05) is 11.3 Å². The molecular formula is C27H22N2O4. The second kappa shape index (κ2) is 8.64. The van der Waals surface area contributed by atoms with Crippen LogP contribution >= 0.6 is 0 Å². The Morgan fingerprint density at radius 3 is 2.30 bits per heavy atom. The highest BCUT2D eigenvalue weighted by Gasteiger charge is 2.47. The van der Waals surface area contributed by atoms with Gasteiger partial charge in [-0.15, -0.1) is 0 Å². The number of Topliss-reactive ketones (excluding diaryl/α,β-unsaturated/α-hetero) is 1. The van der Waals surface area contributed by atoms with Crippen LogP contribution in [0.5, 0.6) is 5.75 Å². The zero-order valence-corrected chi connectivity index (χ0v) is 18.5. The molecule has 0 saturated carbocycles. The molecule has 1 saturated heterocycles. The molecule has 1 unspecified atom stereocenters. The number of anilines is 1. The summed E-state index contributed by atoms with van der Waals surface area (Å²) < 4.78 is 5.24. The third kappa shape index (κ3) is 3.74. The predicted octanol–water partition coefficient (Wildman–Crippen LogP) is 4.81. The quantitative estimate of drug-likeness (QED) is 0.359. The van der Waals surface area contributed by atoms with Gasteiger partial charge in [-0.1, -0.05) is 24.3 Å². The Kier molecular flexibility index (Phi) is 5.72. The van der Waals surface area contributed by atoms with Crippen LogP contribution in [0.25, 0.3) is 5.76 Å². The SMILES string of the molecule is COc1ccc(/C(O)=C2\C(=O)C(=O)N(c3ccc(C#N)cc3)C2c2ccccc2C)c(C)c1. The Balaban J connectivity index is 1.96. The average Bonchev–Trinajstić information content (AvgIpc) is 3.09. The first-order chi connectivity index (χ1) is 15.9. The Morgan fingerprint density at radius 2 is 1.70 bits per heavy atom. The molecule has 1 atom stereocenters. The lowest BCUT2D eigenvalue weighted by Crippen LogP contribution is -2.29. The molecule has 1 aliphatic rings. The van der Waals surface area contributed by atoms with Crippen LogP contribution in [0.4, 0.5) is 5.69 Å². The summed E-state index contributed by atoms with van der Waals surface area (Å²) >= 11 is 0. The molecule has 0 radical (unpaired) electrons. The average molecular weight is 438 g/mol. The van der Waals surface area contributed by atoms with Gasteiger partial charge in [-0.3, -0.25) is 14.5 Å². The van der Waals surface area contributed by atoms with Crippen LogP contribution < -0.4 is 9.64 Å². The van der Waals surface area contributed by atoms with E-state index in [0.29, 0.717) is 28.1 Å². The standard InChI is InChI=1S/C27H22N2O4/c1-16-6-4-5-7-21(16)24-23(25(30)22-13-12-20(33-3)14-17(22)2)26(31)27(32)29(24)19-10-8-18(15-28)9-11-19/h4-14,24,30H,1-3H3/b25-23+. The maximum Gasteiger partial charge on any atom is 0.300 e. The molecule has 164 valence electrons. The minimum atomic E-state index is -0.819. The number of methoxy groups -OCH3 is 1. The van der Waals surface area contributed by atoms with E-state index in [2.05, 4.69) is 6.07 Å². The van der Waals surface area contributed by atoms with Gasteiger partial charge in [-0.25, -0.2) is 0 Å². The first kappa shape index (κ1) is 21.8. The van der Waals surface area contributed by atoms with Crippen molar-refractivity contribution in [2.75, 3.05) is 12.0 Å². The van der Waals surface area contributed by atoms with Gasteiger partial charge in [0.05, 0.1) is 30.4 Å². The molecule has 1 heterocycles. The smallest absolute Gasteiger partial charge is 0.300 e. The van der Waals surface area contributed by atoms with E-state index < -0.39 is 17.7 Å². The van der Waals surface area contributed by atoms with Crippen molar-refractivity contribution in [1.29, 1.82) is 5.26 Å². The highest BCUT2D eigenvalue weighted by Crippen LogP contribution is 2.43. The number of benzene rings is 3. The van der Waals surface area contributed by atoms with Gasteiger partial charge >= 0.3 is 0 Å². The van der Waals surface area contributed by atoms with E-state index in [1.807, 2.05) is 31.2 Å². The van der Waals surface area contributed by atoms with E-state index in [4.69, 9.17) is 10.00 Å². The first-order valence-corrected chi connectivity index (χ1v) is 10.4. The van der Waals surface area contributed by atoms with Gasteiger partial charge in [0.2, 0.25) is 0 Å². The number of aryl methyl sites for hydroxylation is 2. The summed E-state index contributed by atoms with van der Waals surface area (Å²) in [5.41, 5.74) is 3.69. The fourth-order valence-electron chi connectivity index (χ4n) is 4.16. The van der Waals surface area contributed by atoms with E-state index in [1.165, 1.54) is 4.90 Å². The van der Waals surface area contributed by atoms with Crippen LogP contribution in [-0.2, 0) is 9.59 Å². The normalized spacial score (nSPS) is 17.2. The molecule has 33 heavy (non-hydrogen) atoms. The number of nitrogens with zero attached hydrogens (tertiary/aromatic N) is 2. The zero-order chi connectivity index (χ0) is 23.7. The molecule has 1 aliphatic heterocycles. The molecular weight excluding hydrogens is 416 g/mol. The lowest BCUT2D eigenvalue weighted by molar-refractivity contribution is -0.132. The molecule has 1 fully saturated rings. The topological polar surface area (TPSA) is 90.6 Å². The number of carbonyl (C=O) groups excluding carboxylic acids is 2. The van der Waals surface area contributed by atoms with Gasteiger partial charge in [0.15, 0.2) is 0 Å². The van der Waals surface area contributed by atoms with E-state index in [-0.39, 0.29) is 11.3 Å². The number of carbonyl (C=O) groups is 2. The van der Waals surface area contributed by atoms with Crippen LogP contribution in [-0.4, -0.2) is 23.9 Å². The van der Waals surface area contributed by atoms with Gasteiger partial charge in [0.1, 0.15) is 11.5 Å². The van der Waals surface area contributed by atoms with Crippen molar-refractivity contribution in [2.45, 2.75) is 19.9 Å². The van der Waals surface area contributed by atoms with Crippen LogP contribution in [0.3, 0.4) is 0 Å². The van der Waals surface area contributed by atoms with Crippen LogP contribution in [0.1, 0.15) is 33.9 Å². The zero-order valence-electron chi connectivity index (χ0n) is 18.5. The van der Waals surface area contributed by atoms with Crippen molar-refractivity contribution < 1.29 is 19.4 Å². The summed E-state index contributed by atoms with van der Waals surface area (Å²) in [6, 6.07) is 20.3. The largest absolute Gasteiger partial charge is 0.507 e. The number of hydrogen-bond acceptors (Lipinski definition) is 5. The second-order valence-corrected chi connectivity index (χ2v) is 7.87. The maximum atomic E-state index is 13.3. The minimum Gasteiger partial charge on any atom is -0.507 e. The predicted molar refractivity (Wildman–Crippen MR) is 125 cm³/mol. The van der Waals surface area contributed by atoms with Crippen molar-refractivity contribution in [3.8, 4) is 11.8 Å². The van der Waals surface area contributed by atoms with Gasteiger partial charge in [-0.05, 0) is 73.0 Å². The Labute approximate surface area is 192 Å². The number of rotatable bonds is 4. The molecule has 3 aromatic carbocycles. The number of nitriles is 1. The molecule has 1 amide bonds. The number of hydrogen-bond donors (Lipinski definition) is 1. The highest BCUT2D eigenvalue weighted by atomic mass is 16.5. The Morgan fingerprint density at radius 1 is 1.00 bits per heavy atom. The second-order valence-electron chi connectivity index (χ2n) is 7.87. The molecule has 0 bridgehead atoms. The summed E-state index contributed by atoms with van der Waals surface area (Å²) in [6.45, 7) is 3.70. The van der Waals surface area contributed by atoms with Gasteiger partial charge in [0.25, 0.3) is 11.7 Å². The third-order valence-electron chi connectivity index (χ3n) is 5.89. The lowest BCUT2D eigenvalue weighted by Gasteiger charge is -2.26. The van der Waals surface area contributed by atoms with Gasteiger partial charge in [-0.2, -0.15) is 5.26 Å². The summed E-state index contributed by atoms with van der Waals surface area (Å²) in [6.07, 6.45) is 0. The molecule has 6 nitrogen and oxygen atoms in total. The molecule has 4 rings (SSSR count). The van der Waals surface area contributed by atoms with Crippen molar-refractivity contribution in [3.05, 3.63) is 100 Å². The minimum absolute atomic E-state index is 0.0203. The summed E-state index contributed by atoms with van der Waals surface area (Å²) in [4.78, 5) is 27.9. The fraction of sp³-hybridized carbons (Fsp3) is 0.148. The molecule has 3 aromatic rings. The summed E-state index contributed by atoms with van der Waals surface area (Å²) in [5, 5.41) is 20.4. The highest BCUT2D eigenvalue weighted by molar-refractivity contribution is 6.51. The van der Waals surface area contributed by atoms with Crippen LogP contribution in [0.15, 0.2) is 72.3 Å². The number of ether oxygens (including phenoxy) is 1. The maximum absolute atomic E-state index is 13.3. The molecule has 0 spiro atoms. The van der Waals surface area contributed by atoms with Crippen molar-refractivity contribution in [1.82, 2.24) is 0 Å². The molecule has 0 aliphatic carbocycles. The number of amides is 1. The number of ketones is 1. The van der Waals surface area contributed by atoms with Crippen molar-refractivity contribution in [3.63, 3.8) is 0 Å². The Bertz CT molecular complexity index is 1330. The molecule has 1 N–H and O–H groups in total. The van der Waals surface area contributed by atoms with E-state index in [0.717, 1.165) is 11.1 Å². The van der Waals surface area contributed by atoms with Gasteiger partial charge < -0.3 is 9.84 Å². The lowest BCUT2D eigenvalue weighted by atomic mass is 9.91. The molecule has 6 heteroatoms. The van der Waals surface area contributed by atoms with E-state index in [9.17, 15) is 14.7 Å². The molecule has 0 aromatic heterocycles.